The molecule has 6 heteroatoms. The Bertz CT molecular complexity index is 315. The number of nitrogens with one attached hydrogen (secondary N) is 1. The van der Waals surface area contributed by atoms with Gasteiger partial charge in [-0.1, -0.05) is 6.42 Å². The molecule has 0 aromatic heterocycles. The molecule has 0 aromatic rings. The van der Waals surface area contributed by atoms with E-state index in [2.05, 4.69) is 10.1 Å². The highest BCUT2D eigenvalue weighted by atomic mass is 16.5. The number of carboxylic acids is 1. The Labute approximate surface area is 99.3 Å². The summed E-state index contributed by atoms with van der Waals surface area (Å²) in [6.45, 7) is 0.189. The van der Waals surface area contributed by atoms with Crippen LogP contribution in [-0.2, 0) is 19.1 Å². The summed E-state index contributed by atoms with van der Waals surface area (Å²) in [4.78, 5) is 33.4. The molecule has 96 valence electrons. The fourth-order valence-corrected chi connectivity index (χ4v) is 2.09. The normalized spacial score (nSPS) is 23.1. The van der Waals surface area contributed by atoms with Crippen LogP contribution in [0.5, 0.6) is 0 Å². The molecule has 2 N–H and O–H groups in total. The van der Waals surface area contributed by atoms with Gasteiger partial charge in [0, 0.05) is 6.54 Å². The van der Waals surface area contributed by atoms with Crippen molar-refractivity contribution >= 4 is 17.8 Å². The Morgan fingerprint density at radius 1 is 1.29 bits per heavy atom. The van der Waals surface area contributed by atoms with Crippen LogP contribution >= 0.6 is 0 Å². The number of hydrogen-bond donors (Lipinski definition) is 2. The fraction of sp³-hybridized carbons (Fsp3) is 0.727. The highest BCUT2D eigenvalue weighted by Gasteiger charge is 2.37. The van der Waals surface area contributed by atoms with Crippen LogP contribution in [0.25, 0.3) is 0 Å². The molecular weight excluding hydrogens is 226 g/mol. The molecule has 0 aliphatic heterocycles. The lowest BCUT2D eigenvalue weighted by Crippen LogP contribution is -2.36. The highest BCUT2D eigenvalue weighted by molar-refractivity contribution is 5.85. The van der Waals surface area contributed by atoms with Crippen LogP contribution in [0.2, 0.25) is 0 Å². The molecule has 6 nitrogen and oxygen atoms in total. The molecule has 1 saturated carbocycles. The van der Waals surface area contributed by atoms with Gasteiger partial charge in [0.25, 0.3) is 0 Å². The van der Waals surface area contributed by atoms with Gasteiger partial charge in [-0.25, -0.2) is 0 Å². The van der Waals surface area contributed by atoms with Gasteiger partial charge < -0.3 is 15.2 Å². The van der Waals surface area contributed by atoms with Crippen LogP contribution in [-0.4, -0.2) is 36.6 Å². The number of ether oxygens (including phenoxy) is 1. The van der Waals surface area contributed by atoms with Gasteiger partial charge in [0.15, 0.2) is 0 Å². The van der Waals surface area contributed by atoms with Gasteiger partial charge in [-0.3, -0.25) is 14.4 Å². The molecule has 0 spiro atoms. The first-order valence-electron chi connectivity index (χ1n) is 5.63. The first kappa shape index (κ1) is 13.5. The van der Waals surface area contributed by atoms with Gasteiger partial charge in [0.2, 0.25) is 5.91 Å². The Kier molecular flexibility index (Phi) is 4.93. The largest absolute Gasteiger partial charge is 0.481 e. The van der Waals surface area contributed by atoms with E-state index in [1.54, 1.807) is 0 Å². The fourth-order valence-electron chi connectivity index (χ4n) is 2.09. The van der Waals surface area contributed by atoms with Gasteiger partial charge in [0.05, 0.1) is 25.4 Å². The molecule has 0 aromatic carbocycles. The quantitative estimate of drug-likeness (QED) is 0.671. The van der Waals surface area contributed by atoms with Crippen molar-refractivity contribution in [2.24, 2.45) is 11.8 Å². The van der Waals surface area contributed by atoms with E-state index in [1.165, 1.54) is 7.11 Å². The van der Waals surface area contributed by atoms with E-state index < -0.39 is 23.8 Å². The minimum Gasteiger partial charge on any atom is -0.481 e. The molecule has 0 saturated heterocycles. The maximum absolute atomic E-state index is 11.7. The average Bonchev–Trinajstić information content (AvgIpc) is 2.77. The molecule has 2 unspecified atom stereocenters. The van der Waals surface area contributed by atoms with Gasteiger partial charge in [-0.05, 0) is 12.8 Å². The molecule has 1 fully saturated rings. The van der Waals surface area contributed by atoms with Gasteiger partial charge >= 0.3 is 11.9 Å². The van der Waals surface area contributed by atoms with Crippen molar-refractivity contribution in [2.75, 3.05) is 13.7 Å². The third-order valence-electron chi connectivity index (χ3n) is 3.03. The molecule has 17 heavy (non-hydrogen) atoms. The van der Waals surface area contributed by atoms with Crippen LogP contribution in [0.15, 0.2) is 0 Å². The SMILES string of the molecule is COC(=O)CCNC(=O)C1CCCC1C(=O)O. The van der Waals surface area contributed by atoms with Crippen LogP contribution in [0.1, 0.15) is 25.7 Å². The van der Waals surface area contributed by atoms with Crippen LogP contribution in [0.4, 0.5) is 0 Å². The zero-order valence-corrected chi connectivity index (χ0v) is 9.77. The Morgan fingerprint density at radius 2 is 1.94 bits per heavy atom. The monoisotopic (exact) mass is 243 g/mol. The molecule has 0 radical (unpaired) electrons. The van der Waals surface area contributed by atoms with Crippen LogP contribution in [0, 0.1) is 11.8 Å². The number of hydrogen-bond acceptors (Lipinski definition) is 4. The van der Waals surface area contributed by atoms with Gasteiger partial charge in [-0.15, -0.1) is 0 Å². The summed E-state index contributed by atoms with van der Waals surface area (Å²) in [5, 5.41) is 11.5. The molecule has 1 amide bonds. The Hall–Kier alpha value is -1.59. The zero-order valence-electron chi connectivity index (χ0n) is 9.77. The van der Waals surface area contributed by atoms with E-state index in [0.717, 1.165) is 6.42 Å². The molecule has 1 aliphatic rings. The minimum atomic E-state index is -0.921. The summed E-state index contributed by atoms with van der Waals surface area (Å²) in [5.74, 6) is -2.65. The van der Waals surface area contributed by atoms with Gasteiger partial charge in [0.1, 0.15) is 0 Å². The number of carbonyl (C=O) groups is 3. The minimum absolute atomic E-state index is 0.104. The number of methoxy groups -OCH3 is 1. The van der Waals surface area contributed by atoms with Crippen molar-refractivity contribution in [1.82, 2.24) is 5.32 Å². The lowest BCUT2D eigenvalue weighted by molar-refractivity contribution is -0.146. The van der Waals surface area contributed by atoms with Crippen molar-refractivity contribution in [3.05, 3.63) is 0 Å². The third-order valence-corrected chi connectivity index (χ3v) is 3.03. The average molecular weight is 243 g/mol. The van der Waals surface area contributed by atoms with E-state index in [0.29, 0.717) is 12.8 Å². The Morgan fingerprint density at radius 3 is 2.53 bits per heavy atom. The van der Waals surface area contributed by atoms with Gasteiger partial charge in [-0.2, -0.15) is 0 Å². The summed E-state index contributed by atoms with van der Waals surface area (Å²) in [6.07, 6.45) is 2.00. The summed E-state index contributed by atoms with van der Waals surface area (Å²) in [5.41, 5.74) is 0. The molecular formula is C11H17NO5. The highest BCUT2D eigenvalue weighted by Crippen LogP contribution is 2.31. The molecule has 1 rings (SSSR count). The summed E-state index contributed by atoms with van der Waals surface area (Å²) < 4.78 is 4.43. The molecule has 2 atom stereocenters. The molecule has 0 bridgehead atoms. The standard InChI is InChI=1S/C11H17NO5/c1-17-9(13)5-6-12-10(14)7-3-2-4-8(7)11(15)16/h7-8H,2-6H2,1H3,(H,12,14)(H,15,16). The van der Waals surface area contributed by atoms with E-state index in [-0.39, 0.29) is 18.9 Å². The maximum atomic E-state index is 11.7. The van der Waals surface area contributed by atoms with Crippen molar-refractivity contribution in [1.29, 1.82) is 0 Å². The van der Waals surface area contributed by atoms with Crippen molar-refractivity contribution in [3.8, 4) is 0 Å². The third kappa shape index (κ3) is 3.72. The smallest absolute Gasteiger partial charge is 0.307 e. The van der Waals surface area contributed by atoms with Crippen LogP contribution < -0.4 is 5.32 Å². The van der Waals surface area contributed by atoms with E-state index in [4.69, 9.17) is 5.11 Å². The zero-order chi connectivity index (χ0) is 12.8. The predicted octanol–water partition coefficient (Wildman–Crippen LogP) is 0.167. The number of carboxylic acid groups (broad SMARTS) is 1. The predicted molar refractivity (Wildman–Crippen MR) is 58.1 cm³/mol. The van der Waals surface area contributed by atoms with Crippen molar-refractivity contribution in [3.63, 3.8) is 0 Å². The first-order valence-corrected chi connectivity index (χ1v) is 5.63. The van der Waals surface area contributed by atoms with E-state index in [1.807, 2.05) is 0 Å². The van der Waals surface area contributed by atoms with E-state index in [9.17, 15) is 14.4 Å². The van der Waals surface area contributed by atoms with Crippen molar-refractivity contribution < 1.29 is 24.2 Å². The number of carbonyl (C=O) groups excluding carboxylic acids is 2. The summed E-state index contributed by atoms with van der Waals surface area (Å²) in [7, 11) is 1.28. The molecule has 1 aliphatic carbocycles. The lowest BCUT2D eigenvalue weighted by Gasteiger charge is -2.15. The summed E-state index contributed by atoms with van der Waals surface area (Å²) >= 11 is 0. The summed E-state index contributed by atoms with van der Waals surface area (Å²) in [6, 6.07) is 0. The Balaban J connectivity index is 2.37. The second-order valence-electron chi connectivity index (χ2n) is 4.10. The van der Waals surface area contributed by atoms with Crippen LogP contribution in [0.3, 0.4) is 0 Å². The number of rotatable bonds is 5. The second kappa shape index (κ2) is 6.22. The number of esters is 1. The lowest BCUT2D eigenvalue weighted by atomic mass is 9.95. The van der Waals surface area contributed by atoms with E-state index >= 15 is 0 Å². The first-order chi connectivity index (χ1) is 8.06. The van der Waals surface area contributed by atoms with Crippen molar-refractivity contribution in [2.45, 2.75) is 25.7 Å². The maximum Gasteiger partial charge on any atom is 0.307 e. The molecule has 0 heterocycles. The second-order valence-corrected chi connectivity index (χ2v) is 4.10. The number of amides is 1. The topological polar surface area (TPSA) is 92.7 Å². The number of aliphatic carboxylic acids is 1.